The van der Waals surface area contributed by atoms with E-state index in [1.165, 1.54) is 0 Å². The molecule has 1 saturated carbocycles. The lowest BCUT2D eigenvalue weighted by molar-refractivity contribution is -0.135. The van der Waals surface area contributed by atoms with Gasteiger partial charge in [0.2, 0.25) is 5.91 Å². The first-order valence-electron chi connectivity index (χ1n) is 3.15. The molecule has 0 aromatic carbocycles. The van der Waals surface area contributed by atoms with E-state index in [4.69, 9.17) is 0 Å². The molecule has 1 aliphatic heterocycles. The van der Waals surface area contributed by atoms with Crippen LogP contribution in [0.15, 0.2) is 0 Å². The fraction of sp³-hybridized carbons (Fsp3) is 0.833. The summed E-state index contributed by atoms with van der Waals surface area (Å²) in [6, 6.07) is 0. The molecule has 1 spiro atoms. The van der Waals surface area contributed by atoms with Gasteiger partial charge in [-0.1, -0.05) is 15.9 Å². The number of amides is 1. The highest BCUT2D eigenvalue weighted by Crippen LogP contribution is 2.43. The molecule has 0 atom stereocenters. The van der Waals surface area contributed by atoms with Crippen molar-refractivity contribution in [2.24, 2.45) is 0 Å². The van der Waals surface area contributed by atoms with Crippen molar-refractivity contribution in [1.29, 1.82) is 0 Å². The zero-order valence-electron chi connectivity index (χ0n) is 4.98. The van der Waals surface area contributed by atoms with Crippen LogP contribution < -0.4 is 5.32 Å². The molecule has 0 bridgehead atoms. The molecule has 1 saturated heterocycles. The molecule has 2 aliphatic rings. The number of β-lactam (4-membered cyclic amide) rings is 1. The topological polar surface area (TPSA) is 29.1 Å². The fourth-order valence-corrected chi connectivity index (χ4v) is 2.86. The van der Waals surface area contributed by atoms with E-state index in [1.807, 2.05) is 0 Å². The van der Waals surface area contributed by atoms with Crippen molar-refractivity contribution in [3.8, 4) is 0 Å². The Kier molecular flexibility index (Phi) is 0.958. The lowest BCUT2D eigenvalue weighted by atomic mass is 9.69. The second-order valence-corrected chi connectivity index (χ2v) is 4.31. The van der Waals surface area contributed by atoms with Crippen LogP contribution in [0.1, 0.15) is 19.3 Å². The Morgan fingerprint density at radius 3 is 2.56 bits per heavy atom. The van der Waals surface area contributed by atoms with E-state index >= 15 is 0 Å². The first kappa shape index (κ1) is 5.71. The van der Waals surface area contributed by atoms with Gasteiger partial charge in [0.05, 0.1) is 5.54 Å². The zero-order chi connectivity index (χ0) is 6.48. The Hall–Kier alpha value is -0.0500. The van der Waals surface area contributed by atoms with Gasteiger partial charge in [0.25, 0.3) is 0 Å². The number of carbonyl (C=O) groups excluding carboxylic acids is 1. The van der Waals surface area contributed by atoms with E-state index in [-0.39, 0.29) is 11.4 Å². The van der Waals surface area contributed by atoms with Crippen LogP contribution in [-0.2, 0) is 4.79 Å². The summed E-state index contributed by atoms with van der Waals surface area (Å²) in [7, 11) is 0. The molecule has 3 heteroatoms. The summed E-state index contributed by atoms with van der Waals surface area (Å²) in [5.74, 6) is 0.217. The molecule has 2 fully saturated rings. The molecule has 1 aliphatic carbocycles. The molecule has 50 valence electrons. The minimum absolute atomic E-state index is 0.217. The lowest BCUT2D eigenvalue weighted by Crippen LogP contribution is -2.67. The van der Waals surface area contributed by atoms with Gasteiger partial charge in [-0.2, -0.15) is 0 Å². The second kappa shape index (κ2) is 1.51. The molecule has 0 radical (unpaired) electrons. The molecular formula is C6H8BrNO. The molecule has 2 rings (SSSR count). The van der Waals surface area contributed by atoms with E-state index in [9.17, 15) is 4.79 Å². The monoisotopic (exact) mass is 189 g/mol. The third kappa shape index (κ3) is 0.707. The number of halogens is 1. The van der Waals surface area contributed by atoms with E-state index < -0.39 is 0 Å². The molecular weight excluding hydrogens is 182 g/mol. The average Bonchev–Trinajstić information content (AvgIpc) is 1.58. The van der Waals surface area contributed by atoms with Crippen molar-refractivity contribution in [3.05, 3.63) is 0 Å². The molecule has 9 heavy (non-hydrogen) atoms. The van der Waals surface area contributed by atoms with E-state index in [0.717, 1.165) is 19.3 Å². The van der Waals surface area contributed by atoms with Gasteiger partial charge in [-0.25, -0.2) is 0 Å². The van der Waals surface area contributed by atoms with Crippen LogP contribution in [0.25, 0.3) is 0 Å². The molecule has 1 N–H and O–H groups in total. The van der Waals surface area contributed by atoms with Crippen LogP contribution in [0.2, 0.25) is 0 Å². The molecule has 0 aromatic rings. The van der Waals surface area contributed by atoms with Crippen molar-refractivity contribution in [2.45, 2.75) is 29.6 Å². The first-order valence-corrected chi connectivity index (χ1v) is 4.07. The van der Waals surface area contributed by atoms with Crippen LogP contribution in [0.3, 0.4) is 0 Å². The summed E-state index contributed by atoms with van der Waals surface area (Å²) < 4.78 is 0. The maximum absolute atomic E-state index is 10.5. The van der Waals surface area contributed by atoms with E-state index in [2.05, 4.69) is 21.2 Å². The van der Waals surface area contributed by atoms with Crippen LogP contribution in [0.4, 0.5) is 0 Å². The third-order valence-corrected chi connectivity index (χ3v) is 2.78. The standard InChI is InChI=1S/C6H8BrNO/c7-4-1-6(2-4)3-5(9)8-6/h4H,1-3H2,(H,8,9). The normalized spacial score (nSPS) is 47.7. The molecule has 1 amide bonds. The average molecular weight is 190 g/mol. The fourth-order valence-electron chi connectivity index (χ4n) is 1.62. The Labute approximate surface area is 62.1 Å². The van der Waals surface area contributed by atoms with Gasteiger partial charge < -0.3 is 5.32 Å². The Bertz CT molecular complexity index is 152. The van der Waals surface area contributed by atoms with Crippen molar-refractivity contribution in [3.63, 3.8) is 0 Å². The smallest absolute Gasteiger partial charge is 0.222 e. The minimum Gasteiger partial charge on any atom is -0.350 e. The quantitative estimate of drug-likeness (QED) is 0.444. The van der Waals surface area contributed by atoms with Gasteiger partial charge in [-0.05, 0) is 12.8 Å². The summed E-state index contributed by atoms with van der Waals surface area (Å²) in [6.45, 7) is 0. The molecule has 2 nitrogen and oxygen atoms in total. The summed E-state index contributed by atoms with van der Waals surface area (Å²) in [5, 5.41) is 2.92. The van der Waals surface area contributed by atoms with Gasteiger partial charge in [0, 0.05) is 11.2 Å². The SMILES string of the molecule is O=C1CC2(CC(Br)C2)N1. The van der Waals surface area contributed by atoms with E-state index in [0.29, 0.717) is 4.83 Å². The van der Waals surface area contributed by atoms with Crippen molar-refractivity contribution in [1.82, 2.24) is 5.32 Å². The summed E-state index contributed by atoms with van der Waals surface area (Å²) in [6.07, 6.45) is 3.01. The Balaban J connectivity index is 1.94. The van der Waals surface area contributed by atoms with Crippen LogP contribution >= 0.6 is 15.9 Å². The van der Waals surface area contributed by atoms with Gasteiger partial charge >= 0.3 is 0 Å². The first-order chi connectivity index (χ1) is 4.20. The highest BCUT2D eigenvalue weighted by Gasteiger charge is 2.51. The summed E-state index contributed by atoms with van der Waals surface area (Å²) in [5.41, 5.74) is 0.241. The number of alkyl halides is 1. The van der Waals surface area contributed by atoms with Crippen LogP contribution in [-0.4, -0.2) is 16.3 Å². The number of hydrogen-bond donors (Lipinski definition) is 1. The predicted octanol–water partition coefficient (Wildman–Crippen LogP) is 0.802. The maximum atomic E-state index is 10.5. The third-order valence-electron chi connectivity index (χ3n) is 2.13. The number of rotatable bonds is 0. The van der Waals surface area contributed by atoms with Gasteiger partial charge in [-0.3, -0.25) is 4.79 Å². The number of hydrogen-bond acceptors (Lipinski definition) is 1. The van der Waals surface area contributed by atoms with Crippen molar-refractivity contribution in [2.75, 3.05) is 0 Å². The maximum Gasteiger partial charge on any atom is 0.222 e. The number of carbonyl (C=O) groups is 1. The Morgan fingerprint density at radius 2 is 2.22 bits per heavy atom. The van der Waals surface area contributed by atoms with Crippen molar-refractivity contribution >= 4 is 21.8 Å². The van der Waals surface area contributed by atoms with Crippen LogP contribution in [0, 0.1) is 0 Å². The molecule has 1 heterocycles. The van der Waals surface area contributed by atoms with Gasteiger partial charge in [-0.15, -0.1) is 0 Å². The van der Waals surface area contributed by atoms with Crippen molar-refractivity contribution < 1.29 is 4.79 Å². The molecule has 0 aromatic heterocycles. The predicted molar refractivity (Wildman–Crippen MR) is 37.4 cm³/mol. The largest absolute Gasteiger partial charge is 0.350 e. The highest BCUT2D eigenvalue weighted by atomic mass is 79.9. The minimum atomic E-state index is 0.217. The summed E-state index contributed by atoms with van der Waals surface area (Å²) in [4.78, 5) is 11.1. The van der Waals surface area contributed by atoms with Crippen LogP contribution in [0.5, 0.6) is 0 Å². The van der Waals surface area contributed by atoms with Gasteiger partial charge in [0.15, 0.2) is 0 Å². The Morgan fingerprint density at radius 1 is 1.67 bits per heavy atom. The lowest BCUT2D eigenvalue weighted by Gasteiger charge is -2.52. The zero-order valence-corrected chi connectivity index (χ0v) is 6.57. The highest BCUT2D eigenvalue weighted by molar-refractivity contribution is 9.09. The number of nitrogens with one attached hydrogen (secondary N) is 1. The van der Waals surface area contributed by atoms with Gasteiger partial charge in [0.1, 0.15) is 0 Å². The van der Waals surface area contributed by atoms with E-state index in [1.54, 1.807) is 0 Å². The summed E-state index contributed by atoms with van der Waals surface area (Å²) >= 11 is 3.48. The second-order valence-electron chi connectivity index (χ2n) is 3.01. The molecule has 0 unspecified atom stereocenters.